The Kier molecular flexibility index (Phi) is 1.95. The third-order valence-corrected chi connectivity index (χ3v) is 2.98. The van der Waals surface area contributed by atoms with E-state index in [2.05, 4.69) is 0 Å². The van der Waals surface area contributed by atoms with Gasteiger partial charge in [-0.2, -0.15) is 0 Å². The largest absolute Gasteiger partial charge is 0.215 e. The van der Waals surface area contributed by atoms with Crippen molar-refractivity contribution in [3.63, 3.8) is 0 Å². The van der Waals surface area contributed by atoms with Gasteiger partial charge in [0.15, 0.2) is 6.20 Å². The van der Waals surface area contributed by atoms with E-state index in [9.17, 15) is 0 Å². The highest BCUT2D eigenvalue weighted by Gasteiger charge is 2.16. The van der Waals surface area contributed by atoms with E-state index in [0.29, 0.717) is 5.56 Å². The first-order valence-electron chi connectivity index (χ1n) is 6.88. The summed E-state index contributed by atoms with van der Waals surface area (Å²) in [6.45, 7) is 1.84. The lowest BCUT2D eigenvalue weighted by molar-refractivity contribution is -0.660. The normalized spacial score (nSPS) is 14.1. The molecular weight excluding hydrogens is 194 g/mol. The zero-order valence-electron chi connectivity index (χ0n) is 12.9. The average molecular weight is 215 g/mol. The molecule has 1 heteroatoms. The summed E-state index contributed by atoms with van der Waals surface area (Å²) in [6, 6.07) is 9.72. The van der Waals surface area contributed by atoms with Gasteiger partial charge in [0.25, 0.3) is 0 Å². The van der Waals surface area contributed by atoms with Gasteiger partial charge in [-0.15, -0.1) is 0 Å². The Balaban J connectivity index is 2.74. The molecule has 82 valence electrons. The van der Waals surface area contributed by atoms with E-state index < -0.39 is 6.85 Å². The number of hydrogen-bond donors (Lipinski definition) is 0. The van der Waals surface area contributed by atoms with Crippen LogP contribution in [-0.4, -0.2) is 0 Å². The fourth-order valence-electron chi connectivity index (χ4n) is 2.01. The number of rotatable bonds is 1. The smallest absolute Gasteiger partial charge is 0.201 e. The fourth-order valence-corrected chi connectivity index (χ4v) is 2.01. The Bertz CT molecular complexity index is 615. The molecule has 0 radical (unpaired) electrons. The minimum Gasteiger partial charge on any atom is -0.201 e. The minimum absolute atomic E-state index is 0.420. The summed E-state index contributed by atoms with van der Waals surface area (Å²) < 4.78 is 24.8. The number of aromatic nitrogens is 1. The third kappa shape index (κ3) is 1.73. The van der Waals surface area contributed by atoms with Gasteiger partial charge in [0, 0.05) is 21.3 Å². The Morgan fingerprint density at radius 3 is 2.50 bits per heavy atom. The van der Waals surface area contributed by atoms with Crippen LogP contribution in [0.15, 0.2) is 36.5 Å². The van der Waals surface area contributed by atoms with E-state index in [-0.39, 0.29) is 0 Å². The lowest BCUT2D eigenvalue weighted by Crippen LogP contribution is -2.31. The number of pyridine rings is 1. The summed E-state index contributed by atoms with van der Waals surface area (Å²) in [6.07, 6.45) is 1.82. The standard InChI is InChI=1S/C15H18N/c1-11-9-10-16(4)15(13(11)3)14-8-6-5-7-12(14)2/h5-10H,1-4H3/q+1/i1D3. The second kappa shape index (κ2) is 4.09. The molecule has 0 saturated heterocycles. The molecule has 0 aliphatic heterocycles. The molecule has 1 heterocycles. The Morgan fingerprint density at radius 1 is 1.06 bits per heavy atom. The Morgan fingerprint density at radius 2 is 1.81 bits per heavy atom. The van der Waals surface area contributed by atoms with Crippen molar-refractivity contribution in [3.8, 4) is 11.3 Å². The average Bonchev–Trinajstić information content (AvgIpc) is 2.29. The first-order valence-corrected chi connectivity index (χ1v) is 5.38. The molecule has 0 spiro atoms. The van der Waals surface area contributed by atoms with Crippen LogP contribution >= 0.6 is 0 Å². The molecule has 0 unspecified atom stereocenters. The van der Waals surface area contributed by atoms with Crippen LogP contribution in [-0.2, 0) is 7.05 Å². The van der Waals surface area contributed by atoms with Gasteiger partial charge < -0.3 is 0 Å². The fraction of sp³-hybridized carbons (Fsp3) is 0.267. The maximum Gasteiger partial charge on any atom is 0.215 e. The van der Waals surface area contributed by atoms with Crippen molar-refractivity contribution >= 4 is 0 Å². The summed E-state index contributed by atoms with van der Waals surface area (Å²) in [4.78, 5) is 0. The molecule has 0 saturated carbocycles. The topological polar surface area (TPSA) is 3.88 Å². The van der Waals surface area contributed by atoms with Crippen LogP contribution in [0.2, 0.25) is 0 Å². The molecule has 0 amide bonds. The van der Waals surface area contributed by atoms with Crippen LogP contribution in [0.1, 0.15) is 20.8 Å². The molecule has 2 aromatic rings. The van der Waals surface area contributed by atoms with E-state index in [0.717, 1.165) is 22.4 Å². The van der Waals surface area contributed by atoms with Crippen LogP contribution in [0.5, 0.6) is 0 Å². The van der Waals surface area contributed by atoms with E-state index in [1.54, 1.807) is 6.07 Å². The zero-order chi connectivity index (χ0) is 14.2. The van der Waals surface area contributed by atoms with Crippen molar-refractivity contribution < 1.29 is 8.68 Å². The predicted octanol–water partition coefficient (Wildman–Crippen LogP) is 3.10. The molecule has 16 heavy (non-hydrogen) atoms. The molecule has 0 aliphatic rings. The molecule has 0 bridgehead atoms. The quantitative estimate of drug-likeness (QED) is 0.644. The van der Waals surface area contributed by atoms with Gasteiger partial charge in [0.05, 0.1) is 0 Å². The molecular formula is C15H18N+. The van der Waals surface area contributed by atoms with Crippen LogP contribution < -0.4 is 4.57 Å². The maximum absolute atomic E-state index is 7.62. The van der Waals surface area contributed by atoms with Gasteiger partial charge in [-0.1, -0.05) is 18.2 Å². The predicted molar refractivity (Wildman–Crippen MR) is 67.3 cm³/mol. The van der Waals surface area contributed by atoms with Gasteiger partial charge in [0.1, 0.15) is 7.05 Å². The zero-order valence-corrected chi connectivity index (χ0v) is 9.91. The second-order valence-electron chi connectivity index (χ2n) is 4.13. The molecule has 2 rings (SSSR count). The molecule has 1 aromatic heterocycles. The first kappa shape index (κ1) is 7.61. The van der Waals surface area contributed by atoms with Gasteiger partial charge in [0.2, 0.25) is 5.69 Å². The number of aryl methyl sites for hydroxylation is 3. The SMILES string of the molecule is [2H]C([2H])([2H])c1cc[n+](C)c(-c2ccccc2C)c1C. The highest BCUT2D eigenvalue weighted by molar-refractivity contribution is 5.64. The van der Waals surface area contributed by atoms with Crippen molar-refractivity contribution in [2.75, 3.05) is 0 Å². The van der Waals surface area contributed by atoms with E-state index in [1.807, 2.05) is 55.9 Å². The number of hydrogen-bond acceptors (Lipinski definition) is 0. The molecule has 0 aliphatic carbocycles. The third-order valence-electron chi connectivity index (χ3n) is 2.98. The first-order chi connectivity index (χ1) is 8.82. The van der Waals surface area contributed by atoms with Crippen molar-refractivity contribution in [1.29, 1.82) is 0 Å². The summed E-state index contributed by atoms with van der Waals surface area (Å²) in [7, 11) is 1.94. The van der Waals surface area contributed by atoms with Crippen molar-refractivity contribution in [1.82, 2.24) is 0 Å². The maximum atomic E-state index is 7.62. The van der Waals surface area contributed by atoms with Crippen molar-refractivity contribution in [2.45, 2.75) is 20.7 Å². The van der Waals surface area contributed by atoms with Gasteiger partial charge in [-0.3, -0.25) is 0 Å². The Labute approximate surface area is 102 Å². The number of nitrogens with zero attached hydrogens (tertiary/aromatic N) is 1. The molecule has 0 N–H and O–H groups in total. The summed E-state index contributed by atoms with van der Waals surface area (Å²) in [5.41, 5.74) is 4.42. The summed E-state index contributed by atoms with van der Waals surface area (Å²) >= 11 is 0. The molecule has 0 atom stereocenters. The lowest BCUT2D eigenvalue weighted by Gasteiger charge is -2.08. The van der Waals surface area contributed by atoms with Crippen LogP contribution in [0.25, 0.3) is 11.3 Å². The molecule has 0 fully saturated rings. The highest BCUT2D eigenvalue weighted by atomic mass is 14.9. The van der Waals surface area contributed by atoms with E-state index >= 15 is 0 Å². The second-order valence-corrected chi connectivity index (χ2v) is 4.13. The number of benzene rings is 1. The van der Waals surface area contributed by atoms with Gasteiger partial charge in [-0.05, 0) is 37.9 Å². The Hall–Kier alpha value is -1.63. The lowest BCUT2D eigenvalue weighted by atomic mass is 9.99. The molecule has 1 nitrogen and oxygen atoms in total. The minimum atomic E-state index is -2.07. The van der Waals surface area contributed by atoms with Gasteiger partial charge in [-0.25, -0.2) is 4.57 Å². The van der Waals surface area contributed by atoms with Gasteiger partial charge >= 0.3 is 0 Å². The monoisotopic (exact) mass is 215 g/mol. The van der Waals surface area contributed by atoms with Crippen LogP contribution in [0, 0.1) is 20.7 Å². The van der Waals surface area contributed by atoms with Crippen molar-refractivity contribution in [3.05, 3.63) is 53.2 Å². The van der Waals surface area contributed by atoms with Crippen LogP contribution in [0.3, 0.4) is 0 Å². The van der Waals surface area contributed by atoms with Crippen molar-refractivity contribution in [2.24, 2.45) is 7.05 Å². The summed E-state index contributed by atoms with van der Waals surface area (Å²) in [5, 5.41) is 0. The van der Waals surface area contributed by atoms with E-state index in [4.69, 9.17) is 4.11 Å². The summed E-state index contributed by atoms with van der Waals surface area (Å²) in [5.74, 6) is 0. The highest BCUT2D eigenvalue weighted by Crippen LogP contribution is 2.24. The van der Waals surface area contributed by atoms with E-state index in [1.165, 1.54) is 0 Å². The molecule has 1 aromatic carbocycles. The van der Waals surface area contributed by atoms with Crippen LogP contribution in [0.4, 0.5) is 0 Å².